The Morgan fingerprint density at radius 1 is 1.24 bits per heavy atom. The number of aryl methyl sites for hydroxylation is 1. The third kappa shape index (κ3) is 1.49. The number of nitrogens with zero attached hydrogens (tertiary/aromatic N) is 1. The van der Waals surface area contributed by atoms with Crippen molar-refractivity contribution >= 4 is 16.8 Å². The predicted molar refractivity (Wildman–Crippen MR) is 67.7 cm³/mol. The van der Waals surface area contributed by atoms with E-state index in [1.54, 1.807) is 0 Å². The smallest absolute Gasteiger partial charge is 0.153 e. The Hall–Kier alpha value is -2.23. The van der Waals surface area contributed by atoms with E-state index in [0.717, 1.165) is 28.0 Å². The number of rotatable bonds is 1. The molecular formula is C13H13N3O. The van der Waals surface area contributed by atoms with Gasteiger partial charge in [0.1, 0.15) is 17.1 Å². The fourth-order valence-electron chi connectivity index (χ4n) is 1.94. The minimum absolute atomic E-state index is 0.511. The number of aromatic nitrogens is 2. The van der Waals surface area contributed by atoms with Crippen LogP contribution in [-0.4, -0.2) is 10.2 Å². The fourth-order valence-corrected chi connectivity index (χ4v) is 1.94. The van der Waals surface area contributed by atoms with Crippen molar-refractivity contribution in [1.29, 1.82) is 0 Å². The van der Waals surface area contributed by atoms with E-state index in [4.69, 9.17) is 10.2 Å². The number of furan rings is 1. The lowest BCUT2D eigenvalue weighted by molar-refractivity contribution is 0.628. The van der Waals surface area contributed by atoms with Crippen LogP contribution in [0.1, 0.15) is 11.1 Å². The first kappa shape index (κ1) is 9.96. The van der Waals surface area contributed by atoms with Gasteiger partial charge in [0.05, 0.1) is 0 Å². The van der Waals surface area contributed by atoms with Crippen molar-refractivity contribution in [3.8, 4) is 11.5 Å². The first-order valence-electron chi connectivity index (χ1n) is 5.46. The van der Waals surface area contributed by atoms with E-state index in [-0.39, 0.29) is 0 Å². The molecule has 0 amide bonds. The summed E-state index contributed by atoms with van der Waals surface area (Å²) in [5.41, 5.74) is 9.56. The van der Waals surface area contributed by atoms with Gasteiger partial charge in [-0.05, 0) is 32.0 Å². The lowest BCUT2D eigenvalue weighted by Gasteiger charge is -1.92. The van der Waals surface area contributed by atoms with Crippen LogP contribution in [0.2, 0.25) is 0 Å². The molecule has 1 aromatic carbocycles. The van der Waals surface area contributed by atoms with Gasteiger partial charge in [0.2, 0.25) is 0 Å². The number of nitrogen functional groups attached to an aromatic ring is 1. The maximum Gasteiger partial charge on any atom is 0.153 e. The molecule has 3 aromatic rings. The summed E-state index contributed by atoms with van der Waals surface area (Å²) in [4.78, 5) is 0. The van der Waals surface area contributed by atoms with Crippen molar-refractivity contribution in [3.05, 3.63) is 35.4 Å². The molecule has 0 aliphatic heterocycles. The third-order valence-corrected chi connectivity index (χ3v) is 2.97. The van der Waals surface area contributed by atoms with Crippen molar-refractivity contribution in [1.82, 2.24) is 10.2 Å². The normalized spacial score (nSPS) is 11.2. The number of hydrogen-bond acceptors (Lipinski definition) is 3. The van der Waals surface area contributed by atoms with Gasteiger partial charge in [0.25, 0.3) is 0 Å². The zero-order chi connectivity index (χ0) is 12.0. The van der Waals surface area contributed by atoms with E-state index in [1.807, 2.05) is 25.1 Å². The Labute approximate surface area is 98.4 Å². The number of hydrogen-bond donors (Lipinski definition) is 2. The lowest BCUT2D eigenvalue weighted by atomic mass is 10.1. The van der Waals surface area contributed by atoms with Crippen molar-refractivity contribution in [2.24, 2.45) is 0 Å². The summed E-state index contributed by atoms with van der Waals surface area (Å²) in [5, 5.41) is 7.96. The highest BCUT2D eigenvalue weighted by atomic mass is 16.3. The van der Waals surface area contributed by atoms with E-state index >= 15 is 0 Å². The molecule has 0 aliphatic carbocycles. The van der Waals surface area contributed by atoms with Crippen LogP contribution >= 0.6 is 0 Å². The van der Waals surface area contributed by atoms with Crippen molar-refractivity contribution in [3.63, 3.8) is 0 Å². The SMILES string of the molecule is Cc1ccc2oc(-c3[nH]nc(N)c3C)cc2c1. The van der Waals surface area contributed by atoms with Crippen LogP contribution in [0.4, 0.5) is 5.82 Å². The van der Waals surface area contributed by atoms with Gasteiger partial charge in [0, 0.05) is 10.9 Å². The van der Waals surface area contributed by atoms with Crippen LogP contribution in [0.25, 0.3) is 22.4 Å². The van der Waals surface area contributed by atoms with Crippen LogP contribution in [0.5, 0.6) is 0 Å². The number of nitrogens with two attached hydrogens (primary N) is 1. The monoisotopic (exact) mass is 227 g/mol. The van der Waals surface area contributed by atoms with E-state index in [2.05, 4.69) is 23.2 Å². The van der Waals surface area contributed by atoms with Gasteiger partial charge in [0.15, 0.2) is 5.76 Å². The molecule has 86 valence electrons. The van der Waals surface area contributed by atoms with E-state index in [1.165, 1.54) is 5.56 Å². The van der Waals surface area contributed by atoms with Gasteiger partial charge in [-0.15, -0.1) is 0 Å². The van der Waals surface area contributed by atoms with Crippen molar-refractivity contribution in [2.45, 2.75) is 13.8 Å². The molecule has 3 rings (SSSR count). The van der Waals surface area contributed by atoms with E-state index < -0.39 is 0 Å². The molecule has 2 aromatic heterocycles. The molecule has 0 saturated heterocycles. The number of benzene rings is 1. The summed E-state index contributed by atoms with van der Waals surface area (Å²) in [6, 6.07) is 8.10. The van der Waals surface area contributed by atoms with Gasteiger partial charge < -0.3 is 10.2 Å². The van der Waals surface area contributed by atoms with Gasteiger partial charge in [-0.25, -0.2) is 0 Å². The molecule has 0 radical (unpaired) electrons. The zero-order valence-electron chi connectivity index (χ0n) is 9.74. The maximum absolute atomic E-state index is 5.78. The predicted octanol–water partition coefficient (Wildman–Crippen LogP) is 3.02. The van der Waals surface area contributed by atoms with Crippen LogP contribution in [0, 0.1) is 13.8 Å². The molecule has 0 atom stereocenters. The highest BCUT2D eigenvalue weighted by Crippen LogP contribution is 2.30. The van der Waals surface area contributed by atoms with Crippen LogP contribution < -0.4 is 5.73 Å². The number of H-pyrrole nitrogens is 1. The molecule has 4 nitrogen and oxygen atoms in total. The van der Waals surface area contributed by atoms with Crippen LogP contribution in [0.3, 0.4) is 0 Å². The Bertz CT molecular complexity index is 694. The zero-order valence-corrected chi connectivity index (χ0v) is 9.74. The largest absolute Gasteiger partial charge is 0.454 e. The number of aromatic amines is 1. The third-order valence-electron chi connectivity index (χ3n) is 2.97. The first-order valence-corrected chi connectivity index (χ1v) is 5.46. The molecule has 0 spiro atoms. The molecule has 0 aliphatic rings. The van der Waals surface area contributed by atoms with E-state index in [0.29, 0.717) is 5.82 Å². The molecule has 17 heavy (non-hydrogen) atoms. The standard InChI is InChI=1S/C13H13N3O/c1-7-3-4-10-9(5-7)6-11(17-10)12-8(2)13(14)16-15-12/h3-6H,1-2H3,(H3,14,15,16). The van der Waals surface area contributed by atoms with Crippen LogP contribution in [0.15, 0.2) is 28.7 Å². The quantitative estimate of drug-likeness (QED) is 0.671. The second-order valence-corrected chi connectivity index (χ2v) is 4.26. The average Bonchev–Trinajstić information content (AvgIpc) is 2.83. The molecule has 0 fully saturated rings. The Morgan fingerprint density at radius 2 is 2.06 bits per heavy atom. The number of fused-ring (bicyclic) bond motifs is 1. The lowest BCUT2D eigenvalue weighted by Crippen LogP contribution is -1.85. The minimum atomic E-state index is 0.511. The molecule has 3 N–H and O–H groups in total. The molecule has 0 saturated carbocycles. The van der Waals surface area contributed by atoms with Gasteiger partial charge in [-0.1, -0.05) is 11.6 Å². The van der Waals surface area contributed by atoms with Crippen LogP contribution in [-0.2, 0) is 0 Å². The Morgan fingerprint density at radius 3 is 2.76 bits per heavy atom. The Balaban J connectivity index is 2.21. The van der Waals surface area contributed by atoms with E-state index in [9.17, 15) is 0 Å². The van der Waals surface area contributed by atoms with Crippen molar-refractivity contribution in [2.75, 3.05) is 5.73 Å². The minimum Gasteiger partial charge on any atom is -0.454 e. The summed E-state index contributed by atoms with van der Waals surface area (Å²) < 4.78 is 5.78. The topological polar surface area (TPSA) is 67.8 Å². The average molecular weight is 227 g/mol. The summed E-state index contributed by atoms with van der Waals surface area (Å²) in [7, 11) is 0. The highest BCUT2D eigenvalue weighted by molar-refractivity contribution is 5.83. The highest BCUT2D eigenvalue weighted by Gasteiger charge is 2.12. The maximum atomic E-state index is 5.78. The first-order chi connectivity index (χ1) is 8.15. The number of nitrogens with one attached hydrogen (secondary N) is 1. The summed E-state index contributed by atoms with van der Waals surface area (Å²) in [5.74, 6) is 1.28. The summed E-state index contributed by atoms with van der Waals surface area (Å²) >= 11 is 0. The second kappa shape index (κ2) is 3.38. The Kier molecular flexibility index (Phi) is 1.98. The fraction of sp³-hybridized carbons (Fsp3) is 0.154. The van der Waals surface area contributed by atoms with Crippen molar-refractivity contribution < 1.29 is 4.42 Å². The second-order valence-electron chi connectivity index (χ2n) is 4.26. The summed E-state index contributed by atoms with van der Waals surface area (Å²) in [6.07, 6.45) is 0. The molecule has 2 heterocycles. The summed E-state index contributed by atoms with van der Waals surface area (Å²) in [6.45, 7) is 3.98. The molecule has 4 heteroatoms. The van der Waals surface area contributed by atoms with Gasteiger partial charge >= 0.3 is 0 Å². The number of anilines is 1. The van der Waals surface area contributed by atoms with Gasteiger partial charge in [-0.3, -0.25) is 5.10 Å². The molecule has 0 unspecified atom stereocenters. The molecular weight excluding hydrogens is 214 g/mol. The van der Waals surface area contributed by atoms with Gasteiger partial charge in [-0.2, -0.15) is 5.10 Å². The molecule has 0 bridgehead atoms.